The van der Waals surface area contributed by atoms with Gasteiger partial charge in [-0.05, 0) is 41.5 Å². The molecule has 5 heteroatoms. The molecule has 3 nitrogen and oxygen atoms in total. The summed E-state index contributed by atoms with van der Waals surface area (Å²) in [5.41, 5.74) is 1.42. The maximum absolute atomic E-state index is 13.5. The Labute approximate surface area is 176 Å². The lowest BCUT2D eigenvalue weighted by Gasteiger charge is -2.40. The second-order valence-corrected chi connectivity index (χ2v) is 7.91. The average Bonchev–Trinajstić information content (AvgIpc) is 2.75. The Morgan fingerprint density at radius 2 is 1.48 bits per heavy atom. The van der Waals surface area contributed by atoms with Crippen molar-refractivity contribution in [3.63, 3.8) is 0 Å². The molecule has 0 aliphatic carbocycles. The van der Waals surface area contributed by atoms with Crippen LogP contribution in [0.1, 0.15) is 11.1 Å². The largest absolute Gasteiger partial charge is 0.379 e. The number of hydrogen-bond donors (Lipinski definition) is 1. The zero-order valence-electron chi connectivity index (χ0n) is 16.1. The summed E-state index contributed by atoms with van der Waals surface area (Å²) in [5, 5.41) is 12.5. The van der Waals surface area contributed by atoms with Crippen LogP contribution in [-0.2, 0) is 5.60 Å². The Kier molecular flexibility index (Phi) is 5.86. The van der Waals surface area contributed by atoms with E-state index in [1.165, 1.54) is 12.1 Å². The van der Waals surface area contributed by atoms with Crippen LogP contribution in [0.15, 0.2) is 78.9 Å². The van der Waals surface area contributed by atoms with Gasteiger partial charge in [-0.2, -0.15) is 0 Å². The van der Waals surface area contributed by atoms with Gasteiger partial charge >= 0.3 is 0 Å². The third-order valence-corrected chi connectivity index (χ3v) is 5.81. The molecule has 0 radical (unpaired) electrons. The fourth-order valence-electron chi connectivity index (χ4n) is 3.95. The maximum atomic E-state index is 13.5. The maximum Gasteiger partial charge on any atom is 0.127 e. The van der Waals surface area contributed by atoms with Gasteiger partial charge in [0.15, 0.2) is 0 Å². The monoisotopic (exact) mass is 410 g/mol. The zero-order chi connectivity index (χ0) is 20.3. The van der Waals surface area contributed by atoms with Crippen molar-refractivity contribution in [1.29, 1.82) is 0 Å². The summed E-state index contributed by atoms with van der Waals surface area (Å²) in [4.78, 5) is 4.57. The molecule has 3 aromatic carbocycles. The summed E-state index contributed by atoms with van der Waals surface area (Å²) in [6.07, 6.45) is 0. The molecule has 0 unspecified atom stereocenters. The first-order valence-electron chi connectivity index (χ1n) is 9.81. The molecule has 4 rings (SSSR count). The Morgan fingerprint density at radius 1 is 0.828 bits per heavy atom. The summed E-state index contributed by atoms with van der Waals surface area (Å²) in [7, 11) is 0. The molecule has 0 aromatic heterocycles. The molecule has 0 spiro atoms. The lowest BCUT2D eigenvalue weighted by molar-refractivity contribution is 0.0337. The topological polar surface area (TPSA) is 26.7 Å². The highest BCUT2D eigenvalue weighted by Gasteiger charge is 2.34. The van der Waals surface area contributed by atoms with Gasteiger partial charge < -0.3 is 10.0 Å². The van der Waals surface area contributed by atoms with Crippen LogP contribution in [0.25, 0.3) is 0 Å². The molecule has 0 bridgehead atoms. The Morgan fingerprint density at radius 3 is 2.14 bits per heavy atom. The summed E-state index contributed by atoms with van der Waals surface area (Å²) < 4.78 is 13.5. The minimum Gasteiger partial charge on any atom is -0.379 e. The van der Waals surface area contributed by atoms with Gasteiger partial charge in [0.05, 0.1) is 0 Å². The second kappa shape index (κ2) is 8.54. The van der Waals surface area contributed by atoms with Crippen molar-refractivity contribution in [2.24, 2.45) is 0 Å². The fourth-order valence-corrected chi connectivity index (χ4v) is 4.13. The van der Waals surface area contributed by atoms with Crippen LogP contribution < -0.4 is 4.90 Å². The van der Waals surface area contributed by atoms with Crippen LogP contribution in [0.5, 0.6) is 0 Å². The number of hydrogen-bond acceptors (Lipinski definition) is 3. The van der Waals surface area contributed by atoms with Gasteiger partial charge in [0, 0.05) is 43.4 Å². The smallest absolute Gasteiger partial charge is 0.127 e. The number of nitrogens with zero attached hydrogens (tertiary/aromatic N) is 2. The number of piperazine rings is 1. The first-order chi connectivity index (χ1) is 14.0. The quantitative estimate of drug-likeness (QED) is 0.669. The van der Waals surface area contributed by atoms with E-state index < -0.39 is 5.60 Å². The number of halogens is 2. The van der Waals surface area contributed by atoms with E-state index in [0.717, 1.165) is 42.5 Å². The second-order valence-electron chi connectivity index (χ2n) is 7.48. The summed E-state index contributed by atoms with van der Waals surface area (Å²) >= 11 is 6.13. The van der Waals surface area contributed by atoms with Gasteiger partial charge in [-0.3, -0.25) is 4.90 Å². The molecular weight excluding hydrogens is 387 g/mol. The van der Waals surface area contributed by atoms with E-state index in [1.54, 1.807) is 12.1 Å². The zero-order valence-corrected chi connectivity index (χ0v) is 16.9. The molecular formula is C24H24ClFN2O. The Hall–Kier alpha value is -2.40. The number of anilines is 1. The van der Waals surface area contributed by atoms with Crippen molar-refractivity contribution in [2.75, 3.05) is 37.6 Å². The number of benzene rings is 3. The van der Waals surface area contributed by atoms with Gasteiger partial charge in [-0.15, -0.1) is 0 Å². The van der Waals surface area contributed by atoms with Gasteiger partial charge in [0.2, 0.25) is 0 Å². The molecule has 1 aliphatic heterocycles. The molecule has 0 amide bonds. The molecule has 1 heterocycles. The van der Waals surface area contributed by atoms with Crippen molar-refractivity contribution in [3.8, 4) is 0 Å². The number of aliphatic hydroxyl groups is 1. The molecule has 1 N–H and O–H groups in total. The standard InChI is InChI=1S/C24H24ClFN2O/c25-21-7-4-8-23(17-21)28-15-13-27(14-16-28)18-24(29,19-5-2-1-3-6-19)20-9-11-22(26)12-10-20/h1-12,17,29H,13-16,18H2/t24-/m1/s1. The van der Waals surface area contributed by atoms with E-state index in [2.05, 4.69) is 15.9 Å². The molecule has 1 saturated heterocycles. The lowest BCUT2D eigenvalue weighted by Crippen LogP contribution is -2.51. The normalized spacial score (nSPS) is 17.1. The molecule has 1 atom stereocenters. The highest BCUT2D eigenvalue weighted by molar-refractivity contribution is 6.30. The predicted octanol–water partition coefficient (Wildman–Crippen LogP) is 4.54. The highest BCUT2D eigenvalue weighted by atomic mass is 35.5. The molecule has 3 aromatic rings. The molecule has 1 aliphatic rings. The summed E-state index contributed by atoms with van der Waals surface area (Å²) in [6.45, 7) is 3.81. The minimum atomic E-state index is -1.20. The van der Waals surface area contributed by atoms with Gasteiger partial charge in [-0.1, -0.05) is 60.1 Å². The van der Waals surface area contributed by atoms with Crippen molar-refractivity contribution in [3.05, 3.63) is 101 Å². The minimum absolute atomic E-state index is 0.306. The first kappa shape index (κ1) is 19.9. The van der Waals surface area contributed by atoms with Crippen LogP contribution >= 0.6 is 11.6 Å². The number of β-amino-alcohol motifs (C(OH)–C–C–N with tert-alkyl or cyclic N) is 1. The van der Waals surface area contributed by atoms with Crippen molar-refractivity contribution in [1.82, 2.24) is 4.90 Å². The Bertz CT molecular complexity index is 943. The van der Waals surface area contributed by atoms with Crippen LogP contribution in [0.2, 0.25) is 5.02 Å². The van der Waals surface area contributed by atoms with E-state index in [1.807, 2.05) is 48.5 Å². The van der Waals surface area contributed by atoms with Crippen molar-refractivity contribution >= 4 is 17.3 Å². The predicted molar refractivity (Wildman–Crippen MR) is 116 cm³/mol. The van der Waals surface area contributed by atoms with E-state index in [9.17, 15) is 9.50 Å². The fraction of sp³-hybridized carbons (Fsp3) is 0.250. The van der Waals surface area contributed by atoms with Crippen LogP contribution in [-0.4, -0.2) is 42.7 Å². The van der Waals surface area contributed by atoms with Gasteiger partial charge in [0.1, 0.15) is 11.4 Å². The van der Waals surface area contributed by atoms with Crippen LogP contribution in [0.4, 0.5) is 10.1 Å². The molecule has 0 saturated carbocycles. The average molecular weight is 411 g/mol. The van der Waals surface area contributed by atoms with Crippen LogP contribution in [0.3, 0.4) is 0 Å². The SMILES string of the molecule is O[C@](CN1CCN(c2cccc(Cl)c2)CC1)(c1ccccc1)c1ccc(F)cc1. The molecule has 1 fully saturated rings. The highest BCUT2D eigenvalue weighted by Crippen LogP contribution is 2.31. The Balaban J connectivity index is 1.52. The van der Waals surface area contributed by atoms with Crippen LogP contribution in [0, 0.1) is 5.82 Å². The number of rotatable bonds is 5. The first-order valence-corrected chi connectivity index (χ1v) is 10.2. The van der Waals surface area contributed by atoms with E-state index in [-0.39, 0.29) is 5.82 Å². The third kappa shape index (κ3) is 4.45. The van der Waals surface area contributed by atoms with E-state index in [0.29, 0.717) is 12.1 Å². The van der Waals surface area contributed by atoms with Gasteiger partial charge in [-0.25, -0.2) is 4.39 Å². The van der Waals surface area contributed by atoms with Crippen molar-refractivity contribution in [2.45, 2.75) is 5.60 Å². The summed E-state index contributed by atoms with van der Waals surface area (Å²) in [5.74, 6) is -0.306. The summed E-state index contributed by atoms with van der Waals surface area (Å²) in [6, 6.07) is 23.7. The molecule has 150 valence electrons. The third-order valence-electron chi connectivity index (χ3n) is 5.57. The van der Waals surface area contributed by atoms with E-state index in [4.69, 9.17) is 11.6 Å². The van der Waals surface area contributed by atoms with Crippen molar-refractivity contribution < 1.29 is 9.50 Å². The lowest BCUT2D eigenvalue weighted by atomic mass is 9.85. The van der Waals surface area contributed by atoms with E-state index >= 15 is 0 Å². The van der Waals surface area contributed by atoms with Gasteiger partial charge in [0.25, 0.3) is 0 Å². The molecule has 29 heavy (non-hydrogen) atoms.